The summed E-state index contributed by atoms with van der Waals surface area (Å²) in [6, 6.07) is 0. The number of aliphatic hydroxyl groups is 2. The molecule has 50 heavy (non-hydrogen) atoms. The van der Waals surface area contributed by atoms with Gasteiger partial charge in [0, 0.05) is 13.0 Å². The van der Waals surface area contributed by atoms with Crippen molar-refractivity contribution in [2.45, 2.75) is 219 Å². The van der Waals surface area contributed by atoms with Gasteiger partial charge in [-0.1, -0.05) is 187 Å². The fourth-order valence-corrected chi connectivity index (χ4v) is 6.85. The Morgan fingerprint density at radius 1 is 0.540 bits per heavy atom. The molecule has 0 amide bonds. The van der Waals surface area contributed by atoms with E-state index in [0.29, 0.717) is 6.61 Å². The first-order valence-corrected chi connectivity index (χ1v) is 22.5. The lowest BCUT2D eigenvalue weighted by molar-refractivity contribution is -0.154. The minimum Gasteiger partial charge on any atom is -0.457 e. The Morgan fingerprint density at radius 2 is 0.900 bits per heavy atom. The van der Waals surface area contributed by atoms with Crippen molar-refractivity contribution in [1.29, 1.82) is 0 Å². The maximum atomic E-state index is 12.4. The van der Waals surface area contributed by atoms with Crippen LogP contribution in [-0.4, -0.2) is 66.3 Å². The molecule has 0 aliphatic heterocycles. The summed E-state index contributed by atoms with van der Waals surface area (Å²) in [6.07, 6.45) is 35.2. The lowest BCUT2D eigenvalue weighted by Gasteiger charge is -2.20. The van der Waals surface area contributed by atoms with E-state index in [-0.39, 0.29) is 25.6 Å². The molecule has 0 aliphatic rings. The Morgan fingerprint density at radius 3 is 1.30 bits per heavy atom. The van der Waals surface area contributed by atoms with Crippen LogP contribution in [0.15, 0.2) is 0 Å². The van der Waals surface area contributed by atoms with E-state index in [1.54, 1.807) is 0 Å². The Labute approximate surface area is 308 Å². The van der Waals surface area contributed by atoms with Crippen LogP contribution in [0.2, 0.25) is 0 Å². The van der Waals surface area contributed by atoms with Gasteiger partial charge in [-0.2, -0.15) is 0 Å². The number of phosphoric acid groups is 1. The molecule has 0 aromatic heterocycles. The van der Waals surface area contributed by atoms with Gasteiger partial charge in [-0.3, -0.25) is 13.8 Å². The van der Waals surface area contributed by atoms with E-state index in [2.05, 4.69) is 13.8 Å². The summed E-state index contributed by atoms with van der Waals surface area (Å²) < 4.78 is 33.2. The van der Waals surface area contributed by atoms with Gasteiger partial charge in [0.2, 0.25) is 0 Å². The predicted molar refractivity (Wildman–Crippen MR) is 205 cm³/mol. The molecular weight excluding hydrogens is 655 g/mol. The Balaban J connectivity index is 3.92. The van der Waals surface area contributed by atoms with Crippen molar-refractivity contribution in [3.63, 3.8) is 0 Å². The fourth-order valence-electron chi connectivity index (χ4n) is 6.06. The summed E-state index contributed by atoms with van der Waals surface area (Å²) in [5, 5.41) is 18.3. The number of phosphoric ester groups is 1. The van der Waals surface area contributed by atoms with Crippen molar-refractivity contribution in [3.05, 3.63) is 0 Å². The van der Waals surface area contributed by atoms with Gasteiger partial charge in [0.25, 0.3) is 0 Å². The average Bonchev–Trinajstić information content (AvgIpc) is 3.10. The van der Waals surface area contributed by atoms with E-state index in [1.165, 1.54) is 154 Å². The van der Waals surface area contributed by atoms with E-state index in [1.807, 2.05) is 0 Å². The minimum absolute atomic E-state index is 0.0568. The molecule has 0 heterocycles. The van der Waals surface area contributed by atoms with Gasteiger partial charge < -0.3 is 24.6 Å². The van der Waals surface area contributed by atoms with Crippen LogP contribution < -0.4 is 0 Å². The molecule has 0 spiro atoms. The predicted octanol–water partition coefficient (Wildman–Crippen LogP) is 11.1. The second-order valence-electron chi connectivity index (χ2n) is 14.4. The highest BCUT2D eigenvalue weighted by Gasteiger charge is 2.26. The topological polar surface area (TPSA) is 132 Å². The largest absolute Gasteiger partial charge is 0.472 e. The number of unbranched alkanes of at least 4 members (excludes halogenated alkanes) is 27. The van der Waals surface area contributed by atoms with E-state index >= 15 is 0 Å². The minimum atomic E-state index is -4.50. The zero-order chi connectivity index (χ0) is 36.8. The lowest BCUT2D eigenvalue weighted by atomic mass is 10.0. The van der Waals surface area contributed by atoms with Crippen LogP contribution in [0.1, 0.15) is 206 Å². The van der Waals surface area contributed by atoms with Crippen LogP contribution in [0.25, 0.3) is 0 Å². The van der Waals surface area contributed by atoms with Crippen molar-refractivity contribution in [2.75, 3.05) is 33.0 Å². The number of ether oxygens (including phenoxy) is 2. The number of hydrogen-bond donors (Lipinski definition) is 3. The van der Waals surface area contributed by atoms with Crippen molar-refractivity contribution in [3.8, 4) is 0 Å². The highest BCUT2D eigenvalue weighted by molar-refractivity contribution is 7.47. The first kappa shape index (κ1) is 49.5. The van der Waals surface area contributed by atoms with Crippen molar-refractivity contribution >= 4 is 13.8 Å². The molecule has 0 radical (unpaired) electrons. The van der Waals surface area contributed by atoms with E-state index < -0.39 is 33.2 Å². The summed E-state index contributed by atoms with van der Waals surface area (Å²) in [7, 11) is -4.50. The Hall–Kier alpha value is -0.540. The number of carbonyl (C=O) groups is 1. The van der Waals surface area contributed by atoms with E-state index in [9.17, 15) is 19.4 Å². The first-order valence-electron chi connectivity index (χ1n) is 21.0. The molecule has 0 bridgehead atoms. The van der Waals surface area contributed by atoms with Gasteiger partial charge in [0.15, 0.2) is 0 Å². The molecule has 300 valence electrons. The molecule has 0 saturated carbocycles. The third kappa shape index (κ3) is 37.2. The molecule has 3 atom stereocenters. The van der Waals surface area contributed by atoms with Crippen LogP contribution in [0.4, 0.5) is 0 Å². The summed E-state index contributed by atoms with van der Waals surface area (Å²) in [6.45, 7) is 3.51. The smallest absolute Gasteiger partial charge is 0.457 e. The number of hydrogen-bond acceptors (Lipinski definition) is 8. The van der Waals surface area contributed by atoms with Gasteiger partial charge >= 0.3 is 13.8 Å². The maximum Gasteiger partial charge on any atom is 0.472 e. The van der Waals surface area contributed by atoms with Crippen molar-refractivity contribution in [2.24, 2.45) is 0 Å². The Kier molecular flexibility index (Phi) is 37.8. The molecule has 0 fully saturated rings. The molecule has 0 aromatic rings. The third-order valence-corrected chi connectivity index (χ3v) is 10.2. The summed E-state index contributed by atoms with van der Waals surface area (Å²) >= 11 is 0. The van der Waals surface area contributed by atoms with Crippen molar-refractivity contribution < 1.29 is 43.0 Å². The van der Waals surface area contributed by atoms with Crippen molar-refractivity contribution in [1.82, 2.24) is 0 Å². The molecule has 0 aliphatic carbocycles. The molecular formula is C40H81O9P. The molecule has 10 heteroatoms. The summed E-state index contributed by atoms with van der Waals surface area (Å²) in [5.74, 6) is -0.385. The van der Waals surface area contributed by atoms with Gasteiger partial charge in [0.05, 0.1) is 26.4 Å². The Bertz CT molecular complexity index is 754. The molecule has 0 rings (SSSR count). The highest BCUT2D eigenvalue weighted by Crippen LogP contribution is 2.43. The molecule has 0 saturated heterocycles. The monoisotopic (exact) mass is 737 g/mol. The van der Waals surface area contributed by atoms with Crippen LogP contribution >= 0.6 is 7.82 Å². The van der Waals surface area contributed by atoms with Crippen LogP contribution in [0, 0.1) is 0 Å². The van der Waals surface area contributed by atoms with Crippen LogP contribution in [0.3, 0.4) is 0 Å². The maximum absolute atomic E-state index is 12.4. The number of esters is 1. The summed E-state index contributed by atoms with van der Waals surface area (Å²) in [5.41, 5.74) is 0. The number of aliphatic hydroxyl groups excluding tert-OH is 2. The number of rotatable bonds is 41. The third-order valence-electron chi connectivity index (χ3n) is 9.29. The van der Waals surface area contributed by atoms with Crippen LogP contribution in [-0.2, 0) is 27.9 Å². The highest BCUT2D eigenvalue weighted by atomic mass is 31.2. The zero-order valence-electron chi connectivity index (χ0n) is 32.6. The first-order chi connectivity index (χ1) is 24.3. The molecule has 3 N–H and O–H groups in total. The fraction of sp³-hybridized carbons (Fsp3) is 0.975. The second kappa shape index (κ2) is 38.2. The number of carbonyl (C=O) groups excluding carboxylic acids is 1. The quantitative estimate of drug-likeness (QED) is 0.0319. The van der Waals surface area contributed by atoms with Crippen LogP contribution in [0.5, 0.6) is 0 Å². The zero-order valence-corrected chi connectivity index (χ0v) is 33.5. The average molecular weight is 737 g/mol. The molecule has 3 unspecified atom stereocenters. The lowest BCUT2D eigenvalue weighted by Crippen LogP contribution is -2.29. The SMILES string of the molecule is CCCCCCCCCCCCCCCCCCCCCCCCOCC(COP(=O)(O)OCC(O)CO)OC(=O)CCCCCCCCC. The van der Waals surface area contributed by atoms with Gasteiger partial charge in [-0.05, 0) is 12.8 Å². The second-order valence-corrected chi connectivity index (χ2v) is 15.8. The molecule has 9 nitrogen and oxygen atoms in total. The normalized spacial score (nSPS) is 14.1. The summed E-state index contributed by atoms with van der Waals surface area (Å²) in [4.78, 5) is 22.3. The molecule has 0 aromatic carbocycles. The standard InChI is InChI=1S/C40H81O9P/c1-3-5-7-9-11-12-13-14-15-16-17-18-19-20-21-22-23-24-25-27-29-31-33-46-36-39(37-48-50(44,45)47-35-38(42)34-41)49-40(43)32-30-28-26-10-8-6-4-2/h38-39,41-42H,3-37H2,1-2H3,(H,44,45). The van der Waals surface area contributed by atoms with Gasteiger partial charge in [0.1, 0.15) is 12.2 Å². The van der Waals surface area contributed by atoms with E-state index in [4.69, 9.17) is 23.6 Å². The van der Waals surface area contributed by atoms with Gasteiger partial charge in [-0.15, -0.1) is 0 Å². The van der Waals surface area contributed by atoms with Gasteiger partial charge in [-0.25, -0.2) is 4.57 Å². The van der Waals surface area contributed by atoms with E-state index in [0.717, 1.165) is 32.1 Å².